The number of benzene rings is 1. The SMILES string of the molecule is COc1ccc(Cl)c(NC(=O)C2CC(=O)N(C(C)C)C2)c1. The summed E-state index contributed by atoms with van der Waals surface area (Å²) in [5, 5.41) is 3.22. The van der Waals surface area contributed by atoms with E-state index < -0.39 is 0 Å². The second kappa shape index (κ2) is 6.35. The molecule has 0 spiro atoms. The second-order valence-electron chi connectivity index (χ2n) is 5.38. The molecule has 21 heavy (non-hydrogen) atoms. The van der Waals surface area contributed by atoms with E-state index in [-0.39, 0.29) is 30.2 Å². The Morgan fingerprint density at radius 2 is 2.19 bits per heavy atom. The molecule has 0 aliphatic carbocycles. The summed E-state index contributed by atoms with van der Waals surface area (Å²) in [4.78, 5) is 25.9. The molecule has 1 unspecified atom stereocenters. The summed E-state index contributed by atoms with van der Waals surface area (Å²) in [6.07, 6.45) is 0.242. The molecule has 0 bridgehead atoms. The number of amides is 2. The van der Waals surface area contributed by atoms with Gasteiger partial charge in [-0.1, -0.05) is 11.6 Å². The van der Waals surface area contributed by atoms with Gasteiger partial charge in [-0.25, -0.2) is 0 Å². The lowest BCUT2D eigenvalue weighted by Gasteiger charge is -2.20. The zero-order valence-corrected chi connectivity index (χ0v) is 13.1. The molecule has 1 aromatic carbocycles. The molecular weight excluding hydrogens is 292 g/mol. The van der Waals surface area contributed by atoms with E-state index in [0.717, 1.165) is 0 Å². The van der Waals surface area contributed by atoms with Gasteiger partial charge in [0.25, 0.3) is 0 Å². The first-order valence-corrected chi connectivity index (χ1v) is 7.24. The molecule has 2 rings (SSSR count). The fraction of sp³-hybridized carbons (Fsp3) is 0.467. The summed E-state index contributed by atoms with van der Waals surface area (Å²) in [6, 6.07) is 5.15. The van der Waals surface area contributed by atoms with Crippen LogP contribution in [0.25, 0.3) is 0 Å². The maximum atomic E-state index is 12.3. The third-order valence-electron chi connectivity index (χ3n) is 3.58. The monoisotopic (exact) mass is 310 g/mol. The molecule has 1 aliphatic rings. The zero-order valence-electron chi connectivity index (χ0n) is 12.4. The Kier molecular flexibility index (Phi) is 4.73. The van der Waals surface area contributed by atoms with Crippen LogP contribution in [0, 0.1) is 5.92 Å². The third-order valence-corrected chi connectivity index (χ3v) is 3.91. The number of carbonyl (C=O) groups is 2. The molecule has 1 aliphatic heterocycles. The number of hydrogen-bond acceptors (Lipinski definition) is 3. The van der Waals surface area contributed by atoms with Gasteiger partial charge in [0.2, 0.25) is 11.8 Å². The van der Waals surface area contributed by atoms with Crippen LogP contribution in [0.3, 0.4) is 0 Å². The topological polar surface area (TPSA) is 58.6 Å². The number of methoxy groups -OCH3 is 1. The van der Waals surface area contributed by atoms with E-state index in [0.29, 0.717) is 23.0 Å². The average molecular weight is 311 g/mol. The van der Waals surface area contributed by atoms with E-state index in [4.69, 9.17) is 16.3 Å². The smallest absolute Gasteiger partial charge is 0.229 e. The fourth-order valence-corrected chi connectivity index (χ4v) is 2.53. The molecule has 1 heterocycles. The molecule has 0 saturated carbocycles. The Labute approximate surface area is 129 Å². The molecule has 0 radical (unpaired) electrons. The van der Waals surface area contributed by atoms with E-state index in [1.165, 1.54) is 0 Å². The minimum Gasteiger partial charge on any atom is -0.497 e. The van der Waals surface area contributed by atoms with Crippen molar-refractivity contribution in [3.8, 4) is 5.75 Å². The number of nitrogens with zero attached hydrogens (tertiary/aromatic N) is 1. The van der Waals surface area contributed by atoms with Gasteiger partial charge in [0, 0.05) is 25.1 Å². The number of anilines is 1. The highest BCUT2D eigenvalue weighted by molar-refractivity contribution is 6.33. The standard InChI is InChI=1S/C15H19ClN2O3/c1-9(2)18-8-10(6-14(18)19)15(20)17-13-7-11(21-3)4-5-12(13)16/h4-5,7,9-10H,6,8H2,1-3H3,(H,17,20). The van der Waals surface area contributed by atoms with Crippen molar-refractivity contribution in [3.05, 3.63) is 23.2 Å². The van der Waals surface area contributed by atoms with Gasteiger partial charge in [0.05, 0.1) is 23.7 Å². The second-order valence-corrected chi connectivity index (χ2v) is 5.78. The van der Waals surface area contributed by atoms with Crippen LogP contribution in [0.15, 0.2) is 18.2 Å². The lowest BCUT2D eigenvalue weighted by molar-refractivity contribution is -0.129. The maximum absolute atomic E-state index is 12.3. The van der Waals surface area contributed by atoms with E-state index in [1.54, 1.807) is 30.2 Å². The molecule has 5 nitrogen and oxygen atoms in total. The summed E-state index contributed by atoms with van der Waals surface area (Å²) >= 11 is 6.06. The van der Waals surface area contributed by atoms with Crippen molar-refractivity contribution in [2.75, 3.05) is 19.0 Å². The highest BCUT2D eigenvalue weighted by Gasteiger charge is 2.35. The van der Waals surface area contributed by atoms with Gasteiger partial charge in [0.15, 0.2) is 0 Å². The summed E-state index contributed by atoms with van der Waals surface area (Å²) in [7, 11) is 1.55. The van der Waals surface area contributed by atoms with Gasteiger partial charge in [-0.2, -0.15) is 0 Å². The number of hydrogen-bond donors (Lipinski definition) is 1. The van der Waals surface area contributed by atoms with E-state index in [1.807, 2.05) is 13.8 Å². The van der Waals surface area contributed by atoms with Gasteiger partial charge in [0.1, 0.15) is 5.75 Å². The molecule has 2 amide bonds. The van der Waals surface area contributed by atoms with Crippen molar-refractivity contribution >= 4 is 29.1 Å². The summed E-state index contributed by atoms with van der Waals surface area (Å²) in [5.41, 5.74) is 0.497. The molecule has 1 N–H and O–H groups in total. The Hall–Kier alpha value is -1.75. The Morgan fingerprint density at radius 3 is 2.76 bits per heavy atom. The Morgan fingerprint density at radius 1 is 1.48 bits per heavy atom. The fourth-order valence-electron chi connectivity index (χ4n) is 2.37. The van der Waals surface area contributed by atoms with Crippen LogP contribution >= 0.6 is 11.6 Å². The highest BCUT2D eigenvalue weighted by atomic mass is 35.5. The van der Waals surface area contributed by atoms with Crippen LogP contribution in [0.4, 0.5) is 5.69 Å². The quantitative estimate of drug-likeness (QED) is 0.929. The van der Waals surface area contributed by atoms with Gasteiger partial charge >= 0.3 is 0 Å². The normalized spacial score (nSPS) is 18.2. The number of likely N-dealkylation sites (tertiary alicyclic amines) is 1. The van der Waals surface area contributed by atoms with Gasteiger partial charge in [-0.3, -0.25) is 9.59 Å². The van der Waals surface area contributed by atoms with Crippen LogP contribution < -0.4 is 10.1 Å². The van der Waals surface area contributed by atoms with Crippen molar-refractivity contribution in [3.63, 3.8) is 0 Å². The first-order valence-electron chi connectivity index (χ1n) is 6.86. The molecule has 1 aromatic rings. The molecule has 1 fully saturated rings. The van der Waals surface area contributed by atoms with Crippen molar-refractivity contribution in [2.24, 2.45) is 5.92 Å². The number of rotatable bonds is 4. The molecule has 1 atom stereocenters. The number of halogens is 1. The number of nitrogens with one attached hydrogen (secondary N) is 1. The van der Waals surface area contributed by atoms with Crippen LogP contribution in [-0.4, -0.2) is 36.4 Å². The molecule has 0 aromatic heterocycles. The van der Waals surface area contributed by atoms with Crippen molar-refractivity contribution in [2.45, 2.75) is 26.3 Å². The number of carbonyl (C=O) groups excluding carboxylic acids is 2. The van der Waals surface area contributed by atoms with Crippen molar-refractivity contribution in [1.29, 1.82) is 0 Å². The number of ether oxygens (including phenoxy) is 1. The Balaban J connectivity index is 2.07. The van der Waals surface area contributed by atoms with Crippen LogP contribution in [0.5, 0.6) is 5.75 Å². The van der Waals surface area contributed by atoms with Crippen molar-refractivity contribution < 1.29 is 14.3 Å². The Bertz CT molecular complexity index is 560. The van der Waals surface area contributed by atoms with Gasteiger partial charge < -0.3 is 15.0 Å². The first kappa shape index (κ1) is 15.6. The zero-order chi connectivity index (χ0) is 15.6. The van der Waals surface area contributed by atoms with E-state index in [2.05, 4.69) is 5.32 Å². The largest absolute Gasteiger partial charge is 0.497 e. The van der Waals surface area contributed by atoms with E-state index in [9.17, 15) is 9.59 Å². The summed E-state index contributed by atoms with van der Waals surface area (Å²) < 4.78 is 5.11. The molecule has 6 heteroatoms. The van der Waals surface area contributed by atoms with E-state index >= 15 is 0 Å². The lowest BCUT2D eigenvalue weighted by atomic mass is 10.1. The first-order chi connectivity index (χ1) is 9.92. The highest BCUT2D eigenvalue weighted by Crippen LogP contribution is 2.28. The molecule has 1 saturated heterocycles. The van der Waals surface area contributed by atoms with Gasteiger partial charge in [-0.05, 0) is 26.0 Å². The minimum absolute atomic E-state index is 0.0156. The average Bonchev–Trinajstić information content (AvgIpc) is 2.83. The lowest BCUT2D eigenvalue weighted by Crippen LogP contribution is -2.33. The van der Waals surface area contributed by atoms with Crippen molar-refractivity contribution in [1.82, 2.24) is 4.90 Å². The molecule has 114 valence electrons. The predicted molar refractivity (Wildman–Crippen MR) is 81.6 cm³/mol. The summed E-state index contributed by atoms with van der Waals surface area (Å²) in [5.74, 6) is 0.0896. The van der Waals surface area contributed by atoms with Gasteiger partial charge in [-0.15, -0.1) is 0 Å². The summed E-state index contributed by atoms with van der Waals surface area (Å²) in [6.45, 7) is 4.33. The van der Waals surface area contributed by atoms with Crippen LogP contribution in [0.2, 0.25) is 5.02 Å². The van der Waals surface area contributed by atoms with Crippen LogP contribution in [0.1, 0.15) is 20.3 Å². The molecular formula is C15H19ClN2O3. The van der Waals surface area contributed by atoms with Crippen LogP contribution in [-0.2, 0) is 9.59 Å². The minimum atomic E-state index is -0.345. The predicted octanol–water partition coefficient (Wildman–Crippen LogP) is 2.54. The third kappa shape index (κ3) is 3.47. The maximum Gasteiger partial charge on any atom is 0.229 e.